The van der Waals surface area contributed by atoms with Gasteiger partial charge in [-0.15, -0.1) is 6.58 Å². The van der Waals surface area contributed by atoms with Gasteiger partial charge in [0.1, 0.15) is 0 Å². The van der Waals surface area contributed by atoms with E-state index in [-0.39, 0.29) is 23.9 Å². The Hall–Kier alpha value is -1.81. The number of nitrogens with zero attached hydrogens (tertiary/aromatic N) is 1. The number of carbonyl (C=O) groups is 1. The number of carbonyl (C=O) groups excluding carboxylic acids is 1. The normalized spacial score (nSPS) is 27.8. The third-order valence-corrected chi connectivity index (χ3v) is 7.59. The number of likely N-dealkylation sites (tertiary alicyclic amines) is 1. The monoisotopic (exact) mass is 471 g/mol. The zero-order chi connectivity index (χ0) is 23.0. The van der Waals surface area contributed by atoms with Gasteiger partial charge in [0, 0.05) is 16.0 Å². The molecule has 1 amide bonds. The minimum atomic E-state index is -0.618. The molecule has 0 spiro atoms. The Balaban J connectivity index is 1.91. The van der Waals surface area contributed by atoms with E-state index in [0.717, 1.165) is 24.0 Å². The number of halogens is 2. The molecule has 5 atom stereocenters. The Bertz CT molecular complexity index is 983. The second-order valence-corrected chi connectivity index (χ2v) is 10.6. The van der Waals surface area contributed by atoms with E-state index in [2.05, 4.69) is 12.6 Å². The molecule has 3 nitrogen and oxygen atoms in total. The topological polar surface area (TPSA) is 40.5 Å². The highest BCUT2D eigenvalue weighted by Crippen LogP contribution is 2.54. The van der Waals surface area contributed by atoms with E-state index in [1.165, 1.54) is 0 Å². The zero-order valence-corrected chi connectivity index (χ0v) is 20.2. The number of aliphatic hydroxyl groups excluding tert-OH is 1. The maximum Gasteiger partial charge on any atom is 0.229 e. The van der Waals surface area contributed by atoms with Crippen LogP contribution in [0, 0.1) is 11.3 Å². The van der Waals surface area contributed by atoms with Gasteiger partial charge in [-0.05, 0) is 73.9 Å². The second kappa shape index (κ2) is 9.21. The molecule has 1 aliphatic carbocycles. The molecule has 0 bridgehead atoms. The molecule has 1 saturated heterocycles. The standard InChI is InChI=1S/C27H31Cl2NO2/c1-4-14-27(3)16-23(20-6-5-7-22(29)15-20)25(19-10-12-21(28)13-11-19)30(26(27)32)24(17(2)31)18-8-9-18/h4-7,10-13,15,17-18,23-25,31H,1,8-9,14,16H2,2-3H3/t17-,23?,24-,25-,27?/m1/s1. The summed E-state index contributed by atoms with van der Waals surface area (Å²) in [5.41, 5.74) is 1.53. The number of hydrogen-bond donors (Lipinski definition) is 1. The van der Waals surface area contributed by atoms with Crippen LogP contribution in [-0.2, 0) is 4.79 Å². The predicted molar refractivity (Wildman–Crippen MR) is 131 cm³/mol. The molecule has 1 N–H and O–H groups in total. The van der Waals surface area contributed by atoms with Crippen molar-refractivity contribution in [2.45, 2.75) is 63.6 Å². The zero-order valence-electron chi connectivity index (χ0n) is 18.7. The summed E-state index contributed by atoms with van der Waals surface area (Å²) in [5.74, 6) is 0.436. The highest BCUT2D eigenvalue weighted by atomic mass is 35.5. The van der Waals surface area contributed by atoms with Crippen LogP contribution >= 0.6 is 23.2 Å². The van der Waals surface area contributed by atoms with Gasteiger partial charge in [-0.25, -0.2) is 0 Å². The molecule has 2 fully saturated rings. The fourth-order valence-corrected chi connectivity index (χ4v) is 5.83. The number of allylic oxidation sites excluding steroid dienone is 1. The van der Waals surface area contributed by atoms with Gasteiger partial charge in [-0.1, -0.05) is 60.5 Å². The SMILES string of the molecule is C=CCC1(C)CC(c2cccc(Cl)c2)[C@@H](c2ccc(Cl)cc2)N([C@@H](C2CC2)[C@@H](C)O)C1=O. The Kier molecular flexibility index (Phi) is 6.72. The highest BCUT2D eigenvalue weighted by molar-refractivity contribution is 6.30. The summed E-state index contributed by atoms with van der Waals surface area (Å²) >= 11 is 12.6. The summed E-state index contributed by atoms with van der Waals surface area (Å²) in [6, 6.07) is 15.3. The molecular formula is C27H31Cl2NO2. The molecule has 5 heteroatoms. The Morgan fingerprint density at radius 2 is 1.84 bits per heavy atom. The molecular weight excluding hydrogens is 441 g/mol. The van der Waals surface area contributed by atoms with Crippen LogP contribution in [0.3, 0.4) is 0 Å². The summed E-state index contributed by atoms with van der Waals surface area (Å²) in [6.45, 7) is 7.77. The van der Waals surface area contributed by atoms with E-state index in [9.17, 15) is 9.90 Å². The average Bonchev–Trinajstić information content (AvgIpc) is 3.57. The summed E-state index contributed by atoms with van der Waals surface area (Å²) in [4.78, 5) is 16.1. The Labute approximate surface area is 201 Å². The lowest BCUT2D eigenvalue weighted by molar-refractivity contribution is -0.159. The van der Waals surface area contributed by atoms with Crippen molar-refractivity contribution in [2.24, 2.45) is 11.3 Å². The molecule has 2 unspecified atom stereocenters. The molecule has 2 aromatic carbocycles. The van der Waals surface area contributed by atoms with Crippen LogP contribution in [0.1, 0.15) is 62.6 Å². The average molecular weight is 472 g/mol. The fraction of sp³-hybridized carbons (Fsp3) is 0.444. The molecule has 2 aliphatic rings. The van der Waals surface area contributed by atoms with Crippen molar-refractivity contribution in [3.05, 3.63) is 82.4 Å². The van der Waals surface area contributed by atoms with Crippen LogP contribution in [0.25, 0.3) is 0 Å². The van der Waals surface area contributed by atoms with E-state index in [1.807, 2.05) is 67.3 Å². The van der Waals surface area contributed by atoms with E-state index in [4.69, 9.17) is 23.2 Å². The summed E-state index contributed by atoms with van der Waals surface area (Å²) in [6.07, 6.45) is 4.55. The van der Waals surface area contributed by atoms with Gasteiger partial charge in [0.05, 0.1) is 23.6 Å². The summed E-state index contributed by atoms with van der Waals surface area (Å²) in [5, 5.41) is 12.2. The maximum atomic E-state index is 14.1. The predicted octanol–water partition coefficient (Wildman–Crippen LogP) is 6.79. The lowest BCUT2D eigenvalue weighted by atomic mass is 9.66. The Morgan fingerprint density at radius 3 is 2.41 bits per heavy atom. The van der Waals surface area contributed by atoms with E-state index in [0.29, 0.717) is 28.8 Å². The van der Waals surface area contributed by atoms with Gasteiger partial charge in [0.25, 0.3) is 0 Å². The van der Waals surface area contributed by atoms with Crippen molar-refractivity contribution in [2.75, 3.05) is 0 Å². The third kappa shape index (κ3) is 4.48. The summed E-state index contributed by atoms with van der Waals surface area (Å²) < 4.78 is 0. The first kappa shape index (κ1) is 23.4. The number of aliphatic hydroxyl groups is 1. The van der Waals surface area contributed by atoms with Crippen molar-refractivity contribution in [1.82, 2.24) is 4.90 Å². The van der Waals surface area contributed by atoms with Crippen LogP contribution in [-0.4, -0.2) is 28.1 Å². The quantitative estimate of drug-likeness (QED) is 0.451. The minimum Gasteiger partial charge on any atom is -0.391 e. The Morgan fingerprint density at radius 1 is 1.16 bits per heavy atom. The number of benzene rings is 2. The molecule has 0 aromatic heterocycles. The van der Waals surface area contributed by atoms with Gasteiger partial charge in [-0.2, -0.15) is 0 Å². The van der Waals surface area contributed by atoms with Crippen molar-refractivity contribution < 1.29 is 9.90 Å². The lowest BCUT2D eigenvalue weighted by Gasteiger charge is -2.53. The van der Waals surface area contributed by atoms with Gasteiger partial charge in [-0.3, -0.25) is 4.79 Å². The first-order chi connectivity index (χ1) is 15.2. The van der Waals surface area contributed by atoms with Crippen molar-refractivity contribution >= 4 is 29.1 Å². The molecule has 4 rings (SSSR count). The van der Waals surface area contributed by atoms with E-state index >= 15 is 0 Å². The number of piperidine rings is 1. The van der Waals surface area contributed by atoms with Gasteiger partial charge in [0.15, 0.2) is 0 Å². The molecule has 0 radical (unpaired) electrons. The van der Waals surface area contributed by atoms with Crippen LogP contribution in [0.15, 0.2) is 61.2 Å². The maximum absolute atomic E-state index is 14.1. The van der Waals surface area contributed by atoms with Crippen LogP contribution < -0.4 is 0 Å². The second-order valence-electron chi connectivity index (χ2n) is 9.70. The molecule has 2 aromatic rings. The minimum absolute atomic E-state index is 0.0255. The molecule has 170 valence electrons. The molecule has 32 heavy (non-hydrogen) atoms. The first-order valence-corrected chi connectivity index (χ1v) is 12.1. The largest absolute Gasteiger partial charge is 0.391 e. The molecule has 1 aliphatic heterocycles. The van der Waals surface area contributed by atoms with Gasteiger partial charge < -0.3 is 10.0 Å². The number of amides is 1. The molecule has 1 heterocycles. The van der Waals surface area contributed by atoms with Crippen molar-refractivity contribution in [3.63, 3.8) is 0 Å². The van der Waals surface area contributed by atoms with E-state index in [1.54, 1.807) is 0 Å². The highest BCUT2D eigenvalue weighted by Gasteiger charge is 2.54. The fourth-order valence-electron chi connectivity index (χ4n) is 5.51. The first-order valence-electron chi connectivity index (χ1n) is 11.4. The number of hydrogen-bond acceptors (Lipinski definition) is 2. The van der Waals surface area contributed by atoms with Crippen LogP contribution in [0.5, 0.6) is 0 Å². The lowest BCUT2D eigenvalue weighted by Crippen LogP contribution is -2.58. The van der Waals surface area contributed by atoms with Gasteiger partial charge >= 0.3 is 0 Å². The number of rotatable bonds is 7. The van der Waals surface area contributed by atoms with Crippen molar-refractivity contribution in [3.8, 4) is 0 Å². The van der Waals surface area contributed by atoms with E-state index < -0.39 is 11.5 Å². The van der Waals surface area contributed by atoms with Gasteiger partial charge in [0.2, 0.25) is 5.91 Å². The summed E-state index contributed by atoms with van der Waals surface area (Å²) in [7, 11) is 0. The third-order valence-electron chi connectivity index (χ3n) is 7.11. The van der Waals surface area contributed by atoms with Crippen molar-refractivity contribution in [1.29, 1.82) is 0 Å². The van der Waals surface area contributed by atoms with Crippen LogP contribution in [0.2, 0.25) is 10.0 Å². The van der Waals surface area contributed by atoms with Crippen LogP contribution in [0.4, 0.5) is 0 Å². The smallest absolute Gasteiger partial charge is 0.229 e. The molecule has 1 saturated carbocycles.